The molecule has 19 heavy (non-hydrogen) atoms. The summed E-state index contributed by atoms with van der Waals surface area (Å²) in [6.07, 6.45) is 6.63. The van der Waals surface area contributed by atoms with Crippen LogP contribution in [0.15, 0.2) is 0 Å². The lowest BCUT2D eigenvalue weighted by Crippen LogP contribution is -2.46. The van der Waals surface area contributed by atoms with Gasteiger partial charge in [-0.2, -0.15) is 0 Å². The minimum absolute atomic E-state index is 0.122. The van der Waals surface area contributed by atoms with Crippen LogP contribution in [0, 0.1) is 5.41 Å². The van der Waals surface area contributed by atoms with Crippen LogP contribution >= 0.6 is 0 Å². The van der Waals surface area contributed by atoms with Gasteiger partial charge in [-0.25, -0.2) is 13.1 Å². The van der Waals surface area contributed by atoms with Gasteiger partial charge in [0.2, 0.25) is 10.0 Å². The van der Waals surface area contributed by atoms with Gasteiger partial charge >= 0.3 is 0 Å². The maximum atomic E-state index is 12.3. The third-order valence-electron chi connectivity index (χ3n) is 4.34. The average molecular weight is 288 g/mol. The molecule has 0 aromatic carbocycles. The van der Waals surface area contributed by atoms with Crippen LogP contribution in [-0.2, 0) is 10.0 Å². The van der Waals surface area contributed by atoms with Crippen LogP contribution in [0.5, 0.6) is 0 Å². The SMILES string of the molecule is CC(CNC1CC1)S(=O)(=O)NC1CCCC(C)(C)C1. The number of hydrogen-bond acceptors (Lipinski definition) is 3. The Hall–Kier alpha value is -0.130. The van der Waals surface area contributed by atoms with Crippen molar-refractivity contribution in [2.24, 2.45) is 5.41 Å². The Morgan fingerprint density at radius 1 is 1.21 bits per heavy atom. The summed E-state index contributed by atoms with van der Waals surface area (Å²) in [5, 5.41) is 2.95. The van der Waals surface area contributed by atoms with E-state index >= 15 is 0 Å². The van der Waals surface area contributed by atoms with Gasteiger partial charge in [0.25, 0.3) is 0 Å². The molecule has 0 aromatic rings. The van der Waals surface area contributed by atoms with Crippen molar-refractivity contribution in [2.45, 2.75) is 76.6 Å². The van der Waals surface area contributed by atoms with Crippen molar-refractivity contribution in [3.05, 3.63) is 0 Å². The van der Waals surface area contributed by atoms with Crippen molar-refractivity contribution in [3.63, 3.8) is 0 Å². The fraction of sp³-hybridized carbons (Fsp3) is 1.00. The highest BCUT2D eigenvalue weighted by molar-refractivity contribution is 7.90. The molecule has 2 aliphatic carbocycles. The molecule has 0 aliphatic heterocycles. The molecular formula is C14H28N2O2S. The topological polar surface area (TPSA) is 58.2 Å². The molecule has 112 valence electrons. The van der Waals surface area contributed by atoms with Crippen LogP contribution in [0.3, 0.4) is 0 Å². The van der Waals surface area contributed by atoms with Gasteiger partial charge in [-0.15, -0.1) is 0 Å². The fourth-order valence-electron chi connectivity index (χ4n) is 2.88. The first-order chi connectivity index (χ1) is 8.78. The molecule has 5 heteroatoms. The number of nitrogens with one attached hydrogen (secondary N) is 2. The van der Waals surface area contributed by atoms with Gasteiger partial charge in [-0.05, 0) is 44.4 Å². The molecule has 0 heterocycles. The van der Waals surface area contributed by atoms with Crippen LogP contribution in [0.2, 0.25) is 0 Å². The lowest BCUT2D eigenvalue weighted by Gasteiger charge is -2.35. The quantitative estimate of drug-likeness (QED) is 0.786. The lowest BCUT2D eigenvalue weighted by molar-refractivity contribution is 0.212. The van der Waals surface area contributed by atoms with E-state index in [1.54, 1.807) is 6.92 Å². The van der Waals surface area contributed by atoms with Gasteiger partial charge in [0.1, 0.15) is 0 Å². The molecule has 2 fully saturated rings. The van der Waals surface area contributed by atoms with E-state index < -0.39 is 10.0 Å². The van der Waals surface area contributed by atoms with Gasteiger partial charge in [-0.1, -0.05) is 20.3 Å². The first-order valence-corrected chi connectivity index (χ1v) is 9.08. The second-order valence-corrected chi connectivity index (χ2v) is 9.24. The summed E-state index contributed by atoms with van der Waals surface area (Å²) >= 11 is 0. The maximum absolute atomic E-state index is 12.3. The van der Waals surface area contributed by atoms with Crippen molar-refractivity contribution in [2.75, 3.05) is 6.54 Å². The predicted octanol–water partition coefficient (Wildman–Crippen LogP) is 2.02. The third kappa shape index (κ3) is 4.72. The van der Waals surface area contributed by atoms with Crippen LogP contribution < -0.4 is 10.0 Å². The van der Waals surface area contributed by atoms with Gasteiger partial charge in [0.15, 0.2) is 0 Å². The molecular weight excluding hydrogens is 260 g/mol. The normalized spacial score (nSPS) is 29.1. The van der Waals surface area contributed by atoms with E-state index in [1.807, 2.05) is 0 Å². The Morgan fingerprint density at radius 2 is 1.89 bits per heavy atom. The van der Waals surface area contributed by atoms with Crippen LogP contribution in [0.4, 0.5) is 0 Å². The first-order valence-electron chi connectivity index (χ1n) is 7.53. The summed E-state index contributed by atoms with van der Waals surface area (Å²) in [5.74, 6) is 0. The van der Waals surface area contributed by atoms with Crippen molar-refractivity contribution in [3.8, 4) is 0 Å². The highest BCUT2D eigenvalue weighted by atomic mass is 32.2. The lowest BCUT2D eigenvalue weighted by atomic mass is 9.75. The van der Waals surface area contributed by atoms with Gasteiger partial charge in [0.05, 0.1) is 5.25 Å². The van der Waals surface area contributed by atoms with E-state index in [1.165, 1.54) is 19.3 Å². The van der Waals surface area contributed by atoms with Gasteiger partial charge in [-0.3, -0.25) is 0 Å². The molecule has 2 atom stereocenters. The maximum Gasteiger partial charge on any atom is 0.215 e. The number of rotatable bonds is 6. The molecule has 0 radical (unpaired) electrons. The second kappa shape index (κ2) is 5.70. The Labute approximate surface area is 117 Å². The molecule has 0 amide bonds. The Kier molecular flexibility index (Phi) is 4.58. The summed E-state index contributed by atoms with van der Waals surface area (Å²) in [6, 6.07) is 0.684. The monoisotopic (exact) mass is 288 g/mol. The van der Waals surface area contributed by atoms with Crippen LogP contribution in [-0.4, -0.2) is 32.3 Å². The molecule has 2 aliphatic rings. The molecule has 2 N–H and O–H groups in total. The van der Waals surface area contributed by atoms with Crippen molar-refractivity contribution in [1.82, 2.24) is 10.0 Å². The summed E-state index contributed by atoms with van der Waals surface area (Å²) < 4.78 is 27.5. The zero-order valence-electron chi connectivity index (χ0n) is 12.4. The number of sulfonamides is 1. The van der Waals surface area contributed by atoms with E-state index in [2.05, 4.69) is 23.9 Å². The predicted molar refractivity (Wildman–Crippen MR) is 78.6 cm³/mol. The molecule has 0 saturated heterocycles. The van der Waals surface area contributed by atoms with E-state index in [4.69, 9.17) is 0 Å². The van der Waals surface area contributed by atoms with E-state index in [0.717, 1.165) is 19.3 Å². The number of hydrogen-bond donors (Lipinski definition) is 2. The molecule has 2 rings (SSSR count). The summed E-state index contributed by atoms with van der Waals surface area (Å²) in [5.41, 5.74) is 0.265. The molecule has 2 saturated carbocycles. The summed E-state index contributed by atoms with van der Waals surface area (Å²) in [7, 11) is -3.19. The Balaban J connectivity index is 1.84. The zero-order chi connectivity index (χ0) is 14.1. The molecule has 0 aromatic heterocycles. The zero-order valence-corrected chi connectivity index (χ0v) is 13.2. The van der Waals surface area contributed by atoms with Gasteiger partial charge < -0.3 is 5.32 Å². The fourth-order valence-corrected chi connectivity index (χ4v) is 4.09. The van der Waals surface area contributed by atoms with Crippen LogP contribution in [0.25, 0.3) is 0 Å². The molecule has 2 unspecified atom stereocenters. The molecule has 0 spiro atoms. The van der Waals surface area contributed by atoms with E-state index in [0.29, 0.717) is 12.6 Å². The van der Waals surface area contributed by atoms with Gasteiger partial charge in [0, 0.05) is 18.6 Å². The van der Waals surface area contributed by atoms with Crippen molar-refractivity contribution >= 4 is 10.0 Å². The molecule has 0 bridgehead atoms. The third-order valence-corrected chi connectivity index (χ3v) is 6.23. The van der Waals surface area contributed by atoms with Crippen LogP contribution in [0.1, 0.15) is 59.3 Å². The largest absolute Gasteiger partial charge is 0.313 e. The summed E-state index contributed by atoms with van der Waals surface area (Å²) in [4.78, 5) is 0. The van der Waals surface area contributed by atoms with Crippen molar-refractivity contribution in [1.29, 1.82) is 0 Å². The average Bonchev–Trinajstić information content (AvgIpc) is 3.07. The minimum atomic E-state index is -3.19. The Bertz CT molecular complexity index is 402. The highest BCUT2D eigenvalue weighted by Crippen LogP contribution is 2.35. The summed E-state index contributed by atoms with van der Waals surface area (Å²) in [6.45, 7) is 6.82. The minimum Gasteiger partial charge on any atom is -0.313 e. The highest BCUT2D eigenvalue weighted by Gasteiger charge is 2.32. The standard InChI is InChI=1S/C14H28N2O2S/c1-11(10-15-12-6-7-12)19(17,18)16-13-5-4-8-14(2,3)9-13/h11-13,15-16H,4-10H2,1-3H3. The smallest absolute Gasteiger partial charge is 0.215 e. The van der Waals surface area contributed by atoms with E-state index in [9.17, 15) is 8.42 Å². The van der Waals surface area contributed by atoms with Crippen molar-refractivity contribution < 1.29 is 8.42 Å². The van der Waals surface area contributed by atoms with E-state index in [-0.39, 0.29) is 16.7 Å². The molecule has 4 nitrogen and oxygen atoms in total. The first kappa shape index (κ1) is 15.3. The Morgan fingerprint density at radius 3 is 2.47 bits per heavy atom. The second-order valence-electron chi connectivity index (χ2n) is 7.11.